The molecule has 112 valence electrons. The topological polar surface area (TPSA) is 94.3 Å². The second-order valence-corrected chi connectivity index (χ2v) is 4.93. The van der Waals surface area contributed by atoms with Crippen LogP contribution in [-0.2, 0) is 16.1 Å². The van der Waals surface area contributed by atoms with E-state index < -0.39 is 5.97 Å². The Kier molecular flexibility index (Phi) is 4.92. The Labute approximate surface area is 129 Å². The first kappa shape index (κ1) is 15.5. The third-order valence-corrected chi connectivity index (χ3v) is 3.32. The average molecular weight is 330 g/mol. The van der Waals surface area contributed by atoms with Crippen molar-refractivity contribution < 1.29 is 18.7 Å². The Hall–Kier alpha value is -1.93. The van der Waals surface area contributed by atoms with E-state index in [1.165, 1.54) is 6.92 Å². The molecule has 0 unspecified atom stereocenters. The number of aromatic nitrogens is 2. The van der Waals surface area contributed by atoms with Crippen LogP contribution in [0.15, 0.2) is 9.80 Å². The Morgan fingerprint density at radius 3 is 2.86 bits per heavy atom. The monoisotopic (exact) mass is 329 g/mol. The quantitative estimate of drug-likeness (QED) is 0.845. The van der Waals surface area contributed by atoms with Gasteiger partial charge in [-0.1, -0.05) is 4.49 Å². The van der Waals surface area contributed by atoms with E-state index in [4.69, 9.17) is 20.8 Å². The normalized spacial score (nSPS) is 10.4. The summed E-state index contributed by atoms with van der Waals surface area (Å²) in [5.74, 6) is -0.559. The van der Waals surface area contributed by atoms with E-state index in [9.17, 15) is 9.59 Å². The number of halogens is 1. The predicted molar refractivity (Wildman–Crippen MR) is 76.1 cm³/mol. The molecule has 2 heterocycles. The molecule has 0 bridgehead atoms. The first-order valence-electron chi connectivity index (χ1n) is 6.04. The number of amides is 1. The minimum atomic E-state index is -0.610. The molecule has 1 N–H and O–H groups in total. The Morgan fingerprint density at radius 1 is 1.52 bits per heavy atom. The van der Waals surface area contributed by atoms with E-state index in [-0.39, 0.29) is 29.8 Å². The second kappa shape index (κ2) is 6.68. The average Bonchev–Trinajstić information content (AvgIpc) is 3.03. The zero-order chi connectivity index (χ0) is 15.4. The van der Waals surface area contributed by atoms with Gasteiger partial charge in [0.15, 0.2) is 5.76 Å². The Bertz CT molecular complexity index is 654. The van der Waals surface area contributed by atoms with Gasteiger partial charge in [-0.3, -0.25) is 4.79 Å². The molecule has 7 nitrogen and oxygen atoms in total. The lowest BCUT2D eigenvalue weighted by molar-refractivity contribution is -0.119. The fraction of sp³-hybridized carbons (Fsp3) is 0.333. The number of nitrogens with zero attached hydrogens (tertiary/aromatic N) is 2. The maximum Gasteiger partial charge on any atom is 0.343 e. The molecular formula is C12H12ClN3O4S. The summed E-state index contributed by atoms with van der Waals surface area (Å²) in [5.41, 5.74) is 0.953. The van der Waals surface area contributed by atoms with Gasteiger partial charge in [0.1, 0.15) is 11.3 Å². The molecule has 2 aromatic heterocycles. The second-order valence-electron chi connectivity index (χ2n) is 3.98. The van der Waals surface area contributed by atoms with Crippen molar-refractivity contribution in [2.75, 3.05) is 6.61 Å². The third-order valence-electron chi connectivity index (χ3n) is 2.55. The lowest BCUT2D eigenvalue weighted by atomic mass is 10.1. The number of esters is 1. The van der Waals surface area contributed by atoms with E-state index in [0.717, 1.165) is 11.5 Å². The van der Waals surface area contributed by atoms with Crippen molar-refractivity contribution >= 4 is 35.0 Å². The van der Waals surface area contributed by atoms with Gasteiger partial charge in [0, 0.05) is 24.4 Å². The molecule has 2 rings (SSSR count). The summed E-state index contributed by atoms with van der Waals surface area (Å²) in [6, 6.07) is 0. The molecule has 0 aliphatic heterocycles. The Balaban J connectivity index is 2.48. The van der Waals surface area contributed by atoms with Crippen molar-refractivity contribution in [2.45, 2.75) is 20.4 Å². The van der Waals surface area contributed by atoms with Gasteiger partial charge in [-0.05, 0) is 30.1 Å². The molecule has 0 spiro atoms. The van der Waals surface area contributed by atoms with E-state index in [0.29, 0.717) is 17.0 Å². The zero-order valence-electron chi connectivity index (χ0n) is 11.3. The Morgan fingerprint density at radius 2 is 2.29 bits per heavy atom. The highest BCUT2D eigenvalue weighted by molar-refractivity contribution is 7.03. The van der Waals surface area contributed by atoms with Crippen LogP contribution in [0.4, 0.5) is 0 Å². The smallest absolute Gasteiger partial charge is 0.343 e. The van der Waals surface area contributed by atoms with Gasteiger partial charge in [0.05, 0.1) is 6.61 Å². The molecule has 21 heavy (non-hydrogen) atoms. The lowest BCUT2D eigenvalue weighted by Crippen LogP contribution is -2.21. The summed E-state index contributed by atoms with van der Waals surface area (Å²) in [6.07, 6.45) is 0. The van der Waals surface area contributed by atoms with Crippen LogP contribution in [0.1, 0.15) is 29.8 Å². The van der Waals surface area contributed by atoms with Crippen molar-refractivity contribution in [1.29, 1.82) is 0 Å². The van der Waals surface area contributed by atoms with Gasteiger partial charge in [-0.2, -0.15) is 0 Å². The standard InChI is InChI=1S/C12H12ClN3O4S/c1-3-19-12(18)9-7(4-14-6(2)17)10(20-11(9)13)8-5-21-16-15-8/h5H,3-4H2,1-2H3,(H,14,17). The first-order valence-corrected chi connectivity index (χ1v) is 7.26. The number of hydrogen-bond donors (Lipinski definition) is 1. The SMILES string of the molecule is CCOC(=O)c1c(Cl)oc(-c2csnn2)c1CNC(C)=O. The molecule has 2 aromatic rings. The summed E-state index contributed by atoms with van der Waals surface area (Å²) in [7, 11) is 0. The van der Waals surface area contributed by atoms with Crippen molar-refractivity contribution in [3.05, 3.63) is 21.7 Å². The van der Waals surface area contributed by atoms with Crippen LogP contribution >= 0.6 is 23.1 Å². The number of ether oxygens (including phenoxy) is 1. The summed E-state index contributed by atoms with van der Waals surface area (Å²) in [5, 5.41) is 8.04. The van der Waals surface area contributed by atoms with Crippen LogP contribution < -0.4 is 5.32 Å². The molecule has 0 saturated carbocycles. The molecule has 0 aliphatic rings. The number of furan rings is 1. The molecular weight excluding hydrogens is 318 g/mol. The van der Waals surface area contributed by atoms with Crippen LogP contribution in [0, 0.1) is 0 Å². The number of carbonyl (C=O) groups excluding carboxylic acids is 2. The van der Waals surface area contributed by atoms with Crippen LogP contribution in [-0.4, -0.2) is 28.1 Å². The van der Waals surface area contributed by atoms with Crippen LogP contribution in [0.3, 0.4) is 0 Å². The van der Waals surface area contributed by atoms with Gasteiger partial charge >= 0.3 is 5.97 Å². The maximum atomic E-state index is 12.0. The highest BCUT2D eigenvalue weighted by Crippen LogP contribution is 2.34. The first-order chi connectivity index (χ1) is 10.0. The van der Waals surface area contributed by atoms with Crippen molar-refractivity contribution in [3.8, 4) is 11.5 Å². The predicted octanol–water partition coefficient (Wildman–Crippen LogP) is 2.26. The number of hydrogen-bond acceptors (Lipinski definition) is 7. The number of rotatable bonds is 5. The molecule has 0 atom stereocenters. The fourth-order valence-corrected chi connectivity index (χ4v) is 2.40. The van der Waals surface area contributed by atoms with Crippen LogP contribution in [0.2, 0.25) is 5.22 Å². The van der Waals surface area contributed by atoms with E-state index >= 15 is 0 Å². The summed E-state index contributed by atoms with van der Waals surface area (Å²) >= 11 is 7.12. The molecule has 9 heteroatoms. The maximum absolute atomic E-state index is 12.0. The minimum absolute atomic E-state index is 0.0760. The number of nitrogens with one attached hydrogen (secondary N) is 1. The van der Waals surface area contributed by atoms with E-state index in [2.05, 4.69) is 14.9 Å². The van der Waals surface area contributed by atoms with Crippen LogP contribution in [0.25, 0.3) is 11.5 Å². The summed E-state index contributed by atoms with van der Waals surface area (Å²) in [6.45, 7) is 3.33. The zero-order valence-corrected chi connectivity index (χ0v) is 12.9. The molecule has 0 aromatic carbocycles. The van der Waals surface area contributed by atoms with Crippen molar-refractivity contribution in [1.82, 2.24) is 14.9 Å². The third kappa shape index (κ3) is 3.40. The van der Waals surface area contributed by atoms with E-state index in [1.807, 2.05) is 0 Å². The number of carbonyl (C=O) groups is 2. The fourth-order valence-electron chi connectivity index (χ4n) is 1.69. The minimum Gasteiger partial charge on any atom is -0.462 e. The molecule has 0 radical (unpaired) electrons. The highest BCUT2D eigenvalue weighted by Gasteiger charge is 2.27. The lowest BCUT2D eigenvalue weighted by Gasteiger charge is -2.05. The highest BCUT2D eigenvalue weighted by atomic mass is 35.5. The van der Waals surface area contributed by atoms with Gasteiger partial charge in [-0.25, -0.2) is 4.79 Å². The summed E-state index contributed by atoms with van der Waals surface area (Å²) < 4.78 is 14.1. The molecule has 0 aliphatic carbocycles. The van der Waals surface area contributed by atoms with Gasteiger partial charge < -0.3 is 14.5 Å². The largest absolute Gasteiger partial charge is 0.462 e. The van der Waals surface area contributed by atoms with Gasteiger partial charge in [0.25, 0.3) is 0 Å². The van der Waals surface area contributed by atoms with Crippen molar-refractivity contribution in [3.63, 3.8) is 0 Å². The molecule has 1 amide bonds. The van der Waals surface area contributed by atoms with Crippen molar-refractivity contribution in [2.24, 2.45) is 0 Å². The molecule has 0 fully saturated rings. The van der Waals surface area contributed by atoms with Crippen LogP contribution in [0.5, 0.6) is 0 Å². The van der Waals surface area contributed by atoms with Gasteiger partial charge in [0.2, 0.25) is 11.1 Å². The molecule has 0 saturated heterocycles. The van der Waals surface area contributed by atoms with E-state index in [1.54, 1.807) is 12.3 Å². The van der Waals surface area contributed by atoms with Gasteiger partial charge in [-0.15, -0.1) is 5.10 Å². The summed E-state index contributed by atoms with van der Waals surface area (Å²) in [4.78, 5) is 23.1.